The molecule has 0 aliphatic carbocycles. The van der Waals surface area contributed by atoms with Gasteiger partial charge in [-0.05, 0) is 56.3 Å². The van der Waals surface area contributed by atoms with Gasteiger partial charge in [0.15, 0.2) is 0 Å². The molecule has 0 spiro atoms. The molecule has 2 amide bonds. The molecule has 1 aliphatic rings. The monoisotopic (exact) mass is 411 g/mol. The van der Waals surface area contributed by atoms with Crippen molar-refractivity contribution < 1.29 is 9.59 Å². The van der Waals surface area contributed by atoms with E-state index in [0.717, 1.165) is 55.0 Å². The van der Waals surface area contributed by atoms with Gasteiger partial charge in [-0.2, -0.15) is 5.10 Å². The highest BCUT2D eigenvalue weighted by atomic mass is 16.2. The van der Waals surface area contributed by atoms with E-state index in [4.69, 9.17) is 5.73 Å². The fourth-order valence-corrected chi connectivity index (χ4v) is 4.23. The molecule has 1 fully saturated rings. The van der Waals surface area contributed by atoms with Crippen molar-refractivity contribution in [3.63, 3.8) is 0 Å². The van der Waals surface area contributed by atoms with Gasteiger partial charge in [-0.15, -0.1) is 0 Å². The highest BCUT2D eigenvalue weighted by Gasteiger charge is 2.23. The molecule has 1 saturated heterocycles. The molecule has 0 bridgehead atoms. The minimum absolute atomic E-state index is 0.0448. The number of nitrogens with two attached hydrogens (primary N) is 1. The van der Waals surface area contributed by atoms with Crippen molar-refractivity contribution >= 4 is 11.8 Å². The van der Waals surface area contributed by atoms with E-state index < -0.39 is 0 Å². The molecular weight excluding hydrogens is 378 g/mol. The number of piperidine rings is 1. The lowest BCUT2D eigenvalue weighted by atomic mass is 9.97. The molecule has 1 aromatic heterocycles. The lowest BCUT2D eigenvalue weighted by Gasteiger charge is -2.31. The number of nitrogens with one attached hydrogen (secondary N) is 1. The Balaban J connectivity index is 1.49. The van der Waals surface area contributed by atoms with E-state index in [1.165, 1.54) is 5.56 Å². The number of hydrogen-bond acceptors (Lipinski definition) is 4. The van der Waals surface area contributed by atoms with Crippen LogP contribution in [0.15, 0.2) is 24.3 Å². The Morgan fingerprint density at radius 3 is 2.73 bits per heavy atom. The van der Waals surface area contributed by atoms with Crippen LogP contribution in [0.4, 0.5) is 0 Å². The summed E-state index contributed by atoms with van der Waals surface area (Å²) in [5.41, 5.74) is 11.0. The van der Waals surface area contributed by atoms with Crippen LogP contribution >= 0.6 is 0 Å². The maximum Gasteiger partial charge on any atom is 0.221 e. The Labute approximate surface area is 178 Å². The molecule has 1 atom stereocenters. The maximum absolute atomic E-state index is 12.3. The van der Waals surface area contributed by atoms with Crippen molar-refractivity contribution in [1.82, 2.24) is 20.0 Å². The number of nitrogens with zero attached hydrogens (tertiary/aromatic N) is 3. The molecule has 2 heterocycles. The van der Waals surface area contributed by atoms with Crippen LogP contribution in [0.1, 0.15) is 47.3 Å². The molecule has 0 radical (unpaired) electrons. The van der Waals surface area contributed by atoms with Crippen LogP contribution in [0.3, 0.4) is 0 Å². The van der Waals surface area contributed by atoms with Crippen LogP contribution in [0.5, 0.6) is 0 Å². The summed E-state index contributed by atoms with van der Waals surface area (Å²) in [6.07, 6.45) is 3.04. The molecule has 30 heavy (non-hydrogen) atoms. The van der Waals surface area contributed by atoms with Gasteiger partial charge < -0.3 is 11.1 Å². The van der Waals surface area contributed by atoms with Gasteiger partial charge in [0.25, 0.3) is 0 Å². The second-order valence-corrected chi connectivity index (χ2v) is 8.35. The number of likely N-dealkylation sites (tertiary alicyclic amines) is 1. The topological polar surface area (TPSA) is 93.2 Å². The van der Waals surface area contributed by atoms with Gasteiger partial charge >= 0.3 is 0 Å². The van der Waals surface area contributed by atoms with Crippen molar-refractivity contribution in [2.75, 3.05) is 13.1 Å². The van der Waals surface area contributed by atoms with Crippen molar-refractivity contribution in [3.8, 4) is 0 Å². The summed E-state index contributed by atoms with van der Waals surface area (Å²) < 4.78 is 1.86. The number of hydrogen-bond donors (Lipinski definition) is 2. The van der Waals surface area contributed by atoms with Crippen LogP contribution in [0.2, 0.25) is 0 Å². The third kappa shape index (κ3) is 5.69. The van der Waals surface area contributed by atoms with Crippen LogP contribution in [-0.2, 0) is 36.1 Å². The fraction of sp³-hybridized carbons (Fsp3) is 0.522. The van der Waals surface area contributed by atoms with E-state index in [9.17, 15) is 9.59 Å². The third-order valence-electron chi connectivity index (χ3n) is 6.06. The average molecular weight is 412 g/mol. The van der Waals surface area contributed by atoms with Gasteiger partial charge in [0.2, 0.25) is 11.8 Å². The van der Waals surface area contributed by atoms with E-state index in [2.05, 4.69) is 27.4 Å². The minimum atomic E-state index is -0.201. The first kappa shape index (κ1) is 22.0. The number of amides is 2. The van der Waals surface area contributed by atoms with Crippen LogP contribution in [0.25, 0.3) is 0 Å². The SMILES string of the molecule is Cc1nn(C)c(C)c1CCC(=O)NCc1cccc(CN2CCCC(C(N)=O)C2)c1. The highest BCUT2D eigenvalue weighted by Crippen LogP contribution is 2.19. The quantitative estimate of drug-likeness (QED) is 0.695. The Morgan fingerprint density at radius 2 is 2.03 bits per heavy atom. The predicted molar refractivity (Wildman–Crippen MR) is 116 cm³/mol. The smallest absolute Gasteiger partial charge is 0.221 e. The number of primary amides is 1. The molecule has 3 N–H and O–H groups in total. The zero-order valence-corrected chi connectivity index (χ0v) is 18.3. The van der Waals surface area contributed by atoms with Crippen molar-refractivity contribution in [2.24, 2.45) is 18.7 Å². The molecule has 1 unspecified atom stereocenters. The summed E-state index contributed by atoms with van der Waals surface area (Å²) in [6.45, 7) is 7.04. The molecule has 7 nitrogen and oxygen atoms in total. The van der Waals surface area contributed by atoms with Crippen LogP contribution in [0, 0.1) is 19.8 Å². The molecule has 7 heteroatoms. The number of rotatable bonds is 8. The van der Waals surface area contributed by atoms with Crippen LogP contribution < -0.4 is 11.1 Å². The van der Waals surface area contributed by atoms with Gasteiger partial charge in [0.1, 0.15) is 0 Å². The predicted octanol–water partition coefficient (Wildman–Crippen LogP) is 1.98. The molecular formula is C23H33N5O2. The Bertz CT molecular complexity index is 905. The molecule has 162 valence electrons. The zero-order valence-electron chi connectivity index (χ0n) is 18.3. The van der Waals surface area contributed by atoms with Gasteiger partial charge in [0.05, 0.1) is 11.6 Å². The number of carbonyl (C=O) groups is 2. The second kappa shape index (κ2) is 9.89. The first-order valence-electron chi connectivity index (χ1n) is 10.7. The second-order valence-electron chi connectivity index (χ2n) is 8.35. The average Bonchev–Trinajstić information content (AvgIpc) is 2.96. The standard InChI is InChI=1S/C23H33N5O2/c1-16-21(17(2)27(3)26-16)9-10-22(29)25-13-18-6-4-7-19(12-18)14-28-11-5-8-20(15-28)23(24)30/h4,6-7,12,20H,5,8-11,13-15H2,1-3H3,(H2,24,30)(H,25,29). The molecule has 2 aromatic rings. The van der Waals surface area contributed by atoms with E-state index >= 15 is 0 Å². The summed E-state index contributed by atoms with van der Waals surface area (Å²) in [5, 5.41) is 7.44. The van der Waals surface area contributed by atoms with Crippen LogP contribution in [-0.4, -0.2) is 39.6 Å². The Hall–Kier alpha value is -2.67. The Kier molecular flexibility index (Phi) is 7.26. The normalized spacial score (nSPS) is 17.1. The highest BCUT2D eigenvalue weighted by molar-refractivity contribution is 5.77. The fourth-order valence-electron chi connectivity index (χ4n) is 4.23. The third-order valence-corrected chi connectivity index (χ3v) is 6.06. The summed E-state index contributed by atoms with van der Waals surface area (Å²) in [5.74, 6) is -0.204. The molecule has 1 aromatic carbocycles. The number of carbonyl (C=O) groups excluding carboxylic acids is 2. The van der Waals surface area contributed by atoms with Gasteiger partial charge in [-0.1, -0.05) is 24.3 Å². The molecule has 3 rings (SSSR count). The first-order chi connectivity index (χ1) is 14.3. The van der Waals surface area contributed by atoms with E-state index in [0.29, 0.717) is 19.4 Å². The maximum atomic E-state index is 12.3. The largest absolute Gasteiger partial charge is 0.369 e. The lowest BCUT2D eigenvalue weighted by molar-refractivity contribution is -0.123. The molecule has 1 aliphatic heterocycles. The van der Waals surface area contributed by atoms with E-state index in [1.807, 2.05) is 37.7 Å². The number of aromatic nitrogens is 2. The van der Waals surface area contributed by atoms with Crippen molar-refractivity contribution in [3.05, 3.63) is 52.3 Å². The summed E-state index contributed by atoms with van der Waals surface area (Å²) in [7, 11) is 1.93. The van der Waals surface area contributed by atoms with Gasteiger partial charge in [-0.25, -0.2) is 0 Å². The number of benzene rings is 1. The number of aryl methyl sites for hydroxylation is 2. The minimum Gasteiger partial charge on any atom is -0.369 e. The summed E-state index contributed by atoms with van der Waals surface area (Å²) in [4.78, 5) is 26.1. The lowest BCUT2D eigenvalue weighted by Crippen LogP contribution is -2.40. The van der Waals surface area contributed by atoms with Gasteiger partial charge in [0, 0.05) is 38.8 Å². The summed E-state index contributed by atoms with van der Waals surface area (Å²) >= 11 is 0. The summed E-state index contributed by atoms with van der Waals surface area (Å²) in [6, 6.07) is 8.27. The van der Waals surface area contributed by atoms with Gasteiger partial charge in [-0.3, -0.25) is 19.2 Å². The van der Waals surface area contributed by atoms with E-state index in [-0.39, 0.29) is 17.7 Å². The van der Waals surface area contributed by atoms with Crippen molar-refractivity contribution in [2.45, 2.75) is 52.6 Å². The Morgan fingerprint density at radius 1 is 1.27 bits per heavy atom. The molecule has 0 saturated carbocycles. The zero-order chi connectivity index (χ0) is 21.7. The van der Waals surface area contributed by atoms with Crippen molar-refractivity contribution in [1.29, 1.82) is 0 Å². The van der Waals surface area contributed by atoms with E-state index in [1.54, 1.807) is 0 Å². The first-order valence-corrected chi connectivity index (χ1v) is 10.7.